The Morgan fingerprint density at radius 2 is 1.79 bits per heavy atom. The van der Waals surface area contributed by atoms with Crippen LogP contribution in [0.1, 0.15) is 51.5 Å². The molecule has 160 valence electrons. The Labute approximate surface area is 173 Å². The van der Waals surface area contributed by atoms with Crippen LogP contribution in [0.25, 0.3) is 0 Å². The van der Waals surface area contributed by atoms with Crippen molar-refractivity contribution in [3.8, 4) is 0 Å². The van der Waals surface area contributed by atoms with Gasteiger partial charge < -0.3 is 20.4 Å². The zero-order valence-corrected chi connectivity index (χ0v) is 17.7. The molecule has 29 heavy (non-hydrogen) atoms. The van der Waals surface area contributed by atoms with E-state index in [1.54, 1.807) is 0 Å². The zero-order chi connectivity index (χ0) is 21.1. The van der Waals surface area contributed by atoms with Crippen LogP contribution in [0.2, 0.25) is 0 Å². The summed E-state index contributed by atoms with van der Waals surface area (Å²) in [5, 5.41) is 5.73. The maximum atomic E-state index is 12.2. The second-order valence-corrected chi connectivity index (χ2v) is 7.45. The third-order valence-corrected chi connectivity index (χ3v) is 4.96. The number of hydrogen-bond donors (Lipinski definition) is 2. The molecule has 0 atom stereocenters. The Bertz CT molecular complexity index is 669. The van der Waals surface area contributed by atoms with Gasteiger partial charge in [0.25, 0.3) is 0 Å². The standard InChI is InChI=1S/C22H34N4O3/c1-3-13-25(14-4-2)22(29)7-5-6-20(27)24-16-18-8-10-19(11-9-18)26-15-12-23-21(28)17-26/h8-11H,3-7,12-17H2,1-2H3,(H,23,28)(H,24,27). The van der Waals surface area contributed by atoms with Crippen LogP contribution < -0.4 is 15.5 Å². The highest BCUT2D eigenvalue weighted by Crippen LogP contribution is 2.16. The molecule has 0 unspecified atom stereocenters. The smallest absolute Gasteiger partial charge is 0.239 e. The first-order valence-corrected chi connectivity index (χ1v) is 10.7. The van der Waals surface area contributed by atoms with Gasteiger partial charge in [-0.15, -0.1) is 0 Å². The van der Waals surface area contributed by atoms with Crippen LogP contribution in [0, 0.1) is 0 Å². The van der Waals surface area contributed by atoms with Crippen molar-refractivity contribution in [2.24, 2.45) is 0 Å². The van der Waals surface area contributed by atoms with E-state index in [1.165, 1.54) is 0 Å². The minimum absolute atomic E-state index is 0.0351. The van der Waals surface area contributed by atoms with E-state index in [2.05, 4.69) is 24.5 Å². The predicted octanol–water partition coefficient (Wildman–Crippen LogP) is 2.06. The minimum Gasteiger partial charge on any atom is -0.360 e. The Hall–Kier alpha value is -2.57. The van der Waals surface area contributed by atoms with Gasteiger partial charge in [0.05, 0.1) is 6.54 Å². The Balaban J connectivity index is 1.69. The van der Waals surface area contributed by atoms with Crippen LogP contribution in [0.5, 0.6) is 0 Å². The molecule has 1 aliphatic heterocycles. The summed E-state index contributed by atoms with van der Waals surface area (Å²) in [6, 6.07) is 7.90. The molecule has 1 saturated heterocycles. The highest BCUT2D eigenvalue weighted by atomic mass is 16.2. The lowest BCUT2D eigenvalue weighted by Gasteiger charge is -2.28. The molecule has 2 N–H and O–H groups in total. The lowest BCUT2D eigenvalue weighted by atomic mass is 10.1. The third-order valence-electron chi connectivity index (χ3n) is 4.96. The van der Waals surface area contributed by atoms with Crippen molar-refractivity contribution in [1.29, 1.82) is 0 Å². The summed E-state index contributed by atoms with van der Waals surface area (Å²) in [6.07, 6.45) is 3.26. The average molecular weight is 403 g/mol. The van der Waals surface area contributed by atoms with E-state index in [-0.39, 0.29) is 17.7 Å². The van der Waals surface area contributed by atoms with Crippen molar-refractivity contribution in [3.63, 3.8) is 0 Å². The Morgan fingerprint density at radius 1 is 1.10 bits per heavy atom. The van der Waals surface area contributed by atoms with E-state index in [0.29, 0.717) is 38.9 Å². The first-order valence-electron chi connectivity index (χ1n) is 10.7. The van der Waals surface area contributed by atoms with Gasteiger partial charge in [-0.25, -0.2) is 0 Å². The number of nitrogens with zero attached hydrogens (tertiary/aromatic N) is 2. The molecule has 0 bridgehead atoms. The van der Waals surface area contributed by atoms with Crippen LogP contribution in [-0.4, -0.2) is 55.3 Å². The highest BCUT2D eigenvalue weighted by Gasteiger charge is 2.16. The number of anilines is 1. The van der Waals surface area contributed by atoms with E-state index < -0.39 is 0 Å². The van der Waals surface area contributed by atoms with Gasteiger partial charge in [-0.1, -0.05) is 26.0 Å². The number of rotatable bonds is 11. The second-order valence-electron chi connectivity index (χ2n) is 7.45. The third kappa shape index (κ3) is 7.75. The summed E-state index contributed by atoms with van der Waals surface area (Å²) < 4.78 is 0. The molecule has 3 amide bonds. The molecule has 1 fully saturated rings. The zero-order valence-electron chi connectivity index (χ0n) is 17.7. The lowest BCUT2D eigenvalue weighted by molar-refractivity contribution is -0.131. The molecule has 1 heterocycles. The molecule has 7 heteroatoms. The van der Waals surface area contributed by atoms with E-state index in [0.717, 1.165) is 43.7 Å². The first kappa shape index (κ1) is 22.7. The van der Waals surface area contributed by atoms with E-state index in [4.69, 9.17) is 0 Å². The molecule has 0 spiro atoms. The van der Waals surface area contributed by atoms with Crippen molar-refractivity contribution >= 4 is 23.4 Å². The number of carbonyl (C=O) groups is 3. The topological polar surface area (TPSA) is 81.8 Å². The second kappa shape index (κ2) is 12.1. The van der Waals surface area contributed by atoms with Crippen molar-refractivity contribution < 1.29 is 14.4 Å². The number of benzene rings is 1. The highest BCUT2D eigenvalue weighted by molar-refractivity contribution is 5.82. The molecule has 2 rings (SSSR count). The molecule has 1 aliphatic rings. The SMILES string of the molecule is CCCN(CCC)C(=O)CCCC(=O)NCc1ccc(N2CCNC(=O)C2)cc1. The fourth-order valence-electron chi connectivity index (χ4n) is 3.43. The lowest BCUT2D eigenvalue weighted by Crippen LogP contribution is -2.47. The average Bonchev–Trinajstić information content (AvgIpc) is 2.72. The summed E-state index contributed by atoms with van der Waals surface area (Å²) in [6.45, 7) is 8.02. The summed E-state index contributed by atoms with van der Waals surface area (Å²) in [7, 11) is 0. The van der Waals surface area contributed by atoms with E-state index in [9.17, 15) is 14.4 Å². The molecule has 1 aromatic carbocycles. The van der Waals surface area contributed by atoms with Gasteiger partial charge in [0.15, 0.2) is 0 Å². The molecule has 0 saturated carbocycles. The van der Waals surface area contributed by atoms with Gasteiger partial charge in [-0.3, -0.25) is 14.4 Å². The van der Waals surface area contributed by atoms with Crippen LogP contribution in [0.4, 0.5) is 5.69 Å². The largest absolute Gasteiger partial charge is 0.360 e. The summed E-state index contributed by atoms with van der Waals surface area (Å²) in [5.74, 6) is 0.147. The Morgan fingerprint density at radius 3 is 2.41 bits per heavy atom. The van der Waals surface area contributed by atoms with Gasteiger partial charge in [-0.05, 0) is 37.0 Å². The molecular formula is C22H34N4O3. The van der Waals surface area contributed by atoms with Crippen LogP contribution in [0.3, 0.4) is 0 Å². The molecule has 1 aromatic rings. The number of carbonyl (C=O) groups excluding carboxylic acids is 3. The normalized spacial score (nSPS) is 13.7. The van der Waals surface area contributed by atoms with E-state index >= 15 is 0 Å². The van der Waals surface area contributed by atoms with Crippen molar-refractivity contribution in [2.75, 3.05) is 37.6 Å². The summed E-state index contributed by atoms with van der Waals surface area (Å²) >= 11 is 0. The van der Waals surface area contributed by atoms with E-state index in [1.807, 2.05) is 34.1 Å². The van der Waals surface area contributed by atoms with Gasteiger partial charge in [0.2, 0.25) is 17.7 Å². The van der Waals surface area contributed by atoms with Crippen LogP contribution in [-0.2, 0) is 20.9 Å². The predicted molar refractivity (Wildman–Crippen MR) is 115 cm³/mol. The quantitative estimate of drug-likeness (QED) is 0.594. The van der Waals surface area contributed by atoms with Gasteiger partial charge in [0, 0.05) is 51.3 Å². The maximum absolute atomic E-state index is 12.2. The molecule has 7 nitrogen and oxygen atoms in total. The molecule has 0 radical (unpaired) electrons. The maximum Gasteiger partial charge on any atom is 0.239 e. The monoisotopic (exact) mass is 402 g/mol. The van der Waals surface area contributed by atoms with Crippen molar-refractivity contribution in [1.82, 2.24) is 15.5 Å². The molecule has 0 aliphatic carbocycles. The molecular weight excluding hydrogens is 368 g/mol. The summed E-state index contributed by atoms with van der Waals surface area (Å²) in [5.41, 5.74) is 2.02. The Kier molecular flexibility index (Phi) is 9.47. The van der Waals surface area contributed by atoms with Gasteiger partial charge in [-0.2, -0.15) is 0 Å². The number of nitrogens with one attached hydrogen (secondary N) is 2. The number of piperazine rings is 1. The minimum atomic E-state index is -0.0351. The van der Waals surface area contributed by atoms with Crippen molar-refractivity contribution in [2.45, 2.75) is 52.5 Å². The fraction of sp³-hybridized carbons (Fsp3) is 0.591. The fourth-order valence-corrected chi connectivity index (χ4v) is 3.43. The summed E-state index contributed by atoms with van der Waals surface area (Å²) in [4.78, 5) is 39.7. The first-order chi connectivity index (χ1) is 14.0. The van der Waals surface area contributed by atoms with Gasteiger partial charge >= 0.3 is 0 Å². The van der Waals surface area contributed by atoms with Crippen LogP contribution >= 0.6 is 0 Å². The van der Waals surface area contributed by atoms with Crippen LogP contribution in [0.15, 0.2) is 24.3 Å². The van der Waals surface area contributed by atoms with Crippen molar-refractivity contribution in [3.05, 3.63) is 29.8 Å². The number of hydrogen-bond acceptors (Lipinski definition) is 4. The molecule has 0 aromatic heterocycles. The number of amides is 3. The van der Waals surface area contributed by atoms with Gasteiger partial charge in [0.1, 0.15) is 0 Å².